The highest BCUT2D eigenvalue weighted by Gasteiger charge is 1.96. The van der Waals surface area contributed by atoms with E-state index in [1.54, 1.807) is 13.3 Å². The van der Waals surface area contributed by atoms with Crippen LogP contribution in [0.4, 0.5) is 0 Å². The van der Waals surface area contributed by atoms with Crippen molar-refractivity contribution in [3.8, 4) is 5.75 Å². The first-order valence-corrected chi connectivity index (χ1v) is 5.75. The molecule has 0 spiro atoms. The van der Waals surface area contributed by atoms with Gasteiger partial charge in [-0.15, -0.1) is 0 Å². The van der Waals surface area contributed by atoms with Crippen LogP contribution in [0.2, 0.25) is 0 Å². The fraction of sp³-hybridized carbons (Fsp3) is 0.462. The van der Waals surface area contributed by atoms with E-state index in [2.05, 4.69) is 10.3 Å². The number of nitrogens with zero attached hydrogens (tertiary/aromatic N) is 1. The van der Waals surface area contributed by atoms with E-state index in [0.717, 1.165) is 24.5 Å². The molecule has 4 nitrogen and oxygen atoms in total. The number of ether oxygens (including phenoxy) is 2. The molecule has 0 atom stereocenters. The molecule has 0 fully saturated rings. The maximum absolute atomic E-state index is 5.45. The number of hydrogen-bond donors (Lipinski definition) is 1. The van der Waals surface area contributed by atoms with E-state index < -0.39 is 0 Å². The van der Waals surface area contributed by atoms with E-state index in [-0.39, 0.29) is 0 Å². The molecule has 0 aliphatic carbocycles. The van der Waals surface area contributed by atoms with Gasteiger partial charge in [0, 0.05) is 20.2 Å². The summed E-state index contributed by atoms with van der Waals surface area (Å²) in [6.07, 6.45) is 5.67. The van der Waals surface area contributed by atoms with Gasteiger partial charge in [-0.2, -0.15) is 0 Å². The molecule has 0 aliphatic rings. The van der Waals surface area contributed by atoms with Crippen LogP contribution in [0, 0.1) is 0 Å². The summed E-state index contributed by atoms with van der Waals surface area (Å²) >= 11 is 0. The monoisotopic (exact) mass is 236 g/mol. The third-order valence-corrected chi connectivity index (χ3v) is 2.17. The summed E-state index contributed by atoms with van der Waals surface area (Å²) in [5, 5.41) is 3.23. The minimum absolute atomic E-state index is 0.587. The standard InChI is InChI=1S/C13H20N2O2/c1-3-4-8-17-13-6-5-12(15-11-13)10-14-7-9-16-2/h3-6,11,14H,7-10H2,1-2H3. The molecule has 0 aromatic carbocycles. The van der Waals surface area contributed by atoms with Crippen molar-refractivity contribution in [3.05, 3.63) is 36.2 Å². The fourth-order valence-corrected chi connectivity index (χ4v) is 1.23. The maximum Gasteiger partial charge on any atom is 0.138 e. The largest absolute Gasteiger partial charge is 0.488 e. The first-order valence-electron chi connectivity index (χ1n) is 5.75. The van der Waals surface area contributed by atoms with Crippen LogP contribution >= 0.6 is 0 Å². The topological polar surface area (TPSA) is 43.4 Å². The summed E-state index contributed by atoms with van der Waals surface area (Å²) in [5.41, 5.74) is 1.000. The first kappa shape index (κ1) is 13.7. The Morgan fingerprint density at radius 1 is 1.41 bits per heavy atom. The lowest BCUT2D eigenvalue weighted by molar-refractivity contribution is 0.199. The molecule has 1 aromatic heterocycles. The minimum atomic E-state index is 0.587. The van der Waals surface area contributed by atoms with Gasteiger partial charge in [-0.3, -0.25) is 4.98 Å². The highest BCUT2D eigenvalue weighted by Crippen LogP contribution is 2.08. The van der Waals surface area contributed by atoms with E-state index >= 15 is 0 Å². The van der Waals surface area contributed by atoms with E-state index in [9.17, 15) is 0 Å². The van der Waals surface area contributed by atoms with Gasteiger partial charge in [-0.05, 0) is 19.1 Å². The van der Waals surface area contributed by atoms with Crippen LogP contribution < -0.4 is 10.1 Å². The summed E-state index contributed by atoms with van der Waals surface area (Å²) in [7, 11) is 1.69. The van der Waals surface area contributed by atoms with E-state index in [0.29, 0.717) is 13.2 Å². The van der Waals surface area contributed by atoms with Gasteiger partial charge in [0.2, 0.25) is 0 Å². The minimum Gasteiger partial charge on any atom is -0.488 e. The predicted molar refractivity (Wildman–Crippen MR) is 68.1 cm³/mol. The average Bonchev–Trinajstić information content (AvgIpc) is 2.37. The Kier molecular flexibility index (Phi) is 7.02. The van der Waals surface area contributed by atoms with Crippen molar-refractivity contribution in [2.24, 2.45) is 0 Å². The maximum atomic E-state index is 5.45. The van der Waals surface area contributed by atoms with Gasteiger partial charge in [0.25, 0.3) is 0 Å². The molecule has 1 aromatic rings. The van der Waals surface area contributed by atoms with Crippen molar-refractivity contribution in [1.29, 1.82) is 0 Å². The smallest absolute Gasteiger partial charge is 0.138 e. The number of allylic oxidation sites excluding steroid dienone is 1. The first-order chi connectivity index (χ1) is 8.36. The van der Waals surface area contributed by atoms with Crippen molar-refractivity contribution in [1.82, 2.24) is 10.3 Å². The summed E-state index contributed by atoms with van der Waals surface area (Å²) in [5.74, 6) is 0.795. The van der Waals surface area contributed by atoms with Crippen molar-refractivity contribution in [2.45, 2.75) is 13.5 Å². The van der Waals surface area contributed by atoms with Gasteiger partial charge in [-0.1, -0.05) is 12.2 Å². The zero-order valence-electron chi connectivity index (χ0n) is 10.5. The van der Waals surface area contributed by atoms with E-state index in [4.69, 9.17) is 9.47 Å². The number of pyridine rings is 1. The SMILES string of the molecule is CC=CCOc1ccc(CNCCOC)nc1. The molecule has 0 aliphatic heterocycles. The third-order valence-electron chi connectivity index (χ3n) is 2.17. The Morgan fingerprint density at radius 3 is 2.94 bits per heavy atom. The van der Waals surface area contributed by atoms with Gasteiger partial charge in [0.1, 0.15) is 12.4 Å². The lowest BCUT2D eigenvalue weighted by Crippen LogP contribution is -2.19. The lowest BCUT2D eigenvalue weighted by Gasteiger charge is -2.05. The Bertz CT molecular complexity index is 323. The van der Waals surface area contributed by atoms with E-state index in [1.807, 2.05) is 31.2 Å². The quantitative estimate of drug-likeness (QED) is 0.552. The fourth-order valence-electron chi connectivity index (χ4n) is 1.23. The predicted octanol–water partition coefficient (Wildman–Crippen LogP) is 1.77. The normalized spacial score (nSPS) is 10.9. The molecule has 1 rings (SSSR count). The molecule has 1 N–H and O–H groups in total. The van der Waals surface area contributed by atoms with Crippen LogP contribution in [-0.2, 0) is 11.3 Å². The number of methoxy groups -OCH3 is 1. The molecular weight excluding hydrogens is 216 g/mol. The summed E-state index contributed by atoms with van der Waals surface area (Å²) < 4.78 is 10.4. The number of hydrogen-bond acceptors (Lipinski definition) is 4. The molecule has 4 heteroatoms. The number of aromatic nitrogens is 1. The van der Waals surface area contributed by atoms with Crippen LogP contribution in [0.3, 0.4) is 0 Å². The lowest BCUT2D eigenvalue weighted by atomic mass is 10.3. The highest BCUT2D eigenvalue weighted by atomic mass is 16.5. The van der Waals surface area contributed by atoms with Crippen molar-refractivity contribution in [2.75, 3.05) is 26.9 Å². The van der Waals surface area contributed by atoms with Crippen molar-refractivity contribution >= 4 is 0 Å². The Labute approximate surface area is 103 Å². The van der Waals surface area contributed by atoms with Gasteiger partial charge < -0.3 is 14.8 Å². The molecule has 0 bridgehead atoms. The molecule has 17 heavy (non-hydrogen) atoms. The van der Waals surface area contributed by atoms with E-state index in [1.165, 1.54) is 0 Å². The Balaban J connectivity index is 2.29. The second kappa shape index (κ2) is 8.73. The van der Waals surface area contributed by atoms with Gasteiger partial charge in [0.05, 0.1) is 18.5 Å². The van der Waals surface area contributed by atoms with Gasteiger partial charge >= 0.3 is 0 Å². The zero-order valence-corrected chi connectivity index (χ0v) is 10.5. The van der Waals surface area contributed by atoms with Crippen LogP contribution in [0.1, 0.15) is 12.6 Å². The molecule has 0 saturated carbocycles. The Hall–Kier alpha value is -1.39. The van der Waals surface area contributed by atoms with Crippen LogP contribution in [0.25, 0.3) is 0 Å². The zero-order chi connectivity index (χ0) is 12.3. The third kappa shape index (κ3) is 6.04. The molecule has 0 unspecified atom stereocenters. The van der Waals surface area contributed by atoms with Crippen molar-refractivity contribution in [3.63, 3.8) is 0 Å². The number of rotatable bonds is 8. The van der Waals surface area contributed by atoms with Gasteiger partial charge in [-0.25, -0.2) is 0 Å². The van der Waals surface area contributed by atoms with Gasteiger partial charge in [0.15, 0.2) is 0 Å². The van der Waals surface area contributed by atoms with Crippen molar-refractivity contribution < 1.29 is 9.47 Å². The second-order valence-corrected chi connectivity index (χ2v) is 3.53. The summed E-state index contributed by atoms with van der Waals surface area (Å²) in [4.78, 5) is 4.30. The number of nitrogens with one attached hydrogen (secondary N) is 1. The average molecular weight is 236 g/mol. The van der Waals surface area contributed by atoms with Crippen LogP contribution in [-0.4, -0.2) is 31.9 Å². The summed E-state index contributed by atoms with van der Waals surface area (Å²) in [6, 6.07) is 3.90. The molecule has 1 heterocycles. The molecule has 0 saturated heterocycles. The van der Waals surface area contributed by atoms with Crippen LogP contribution in [0.5, 0.6) is 5.75 Å². The molecule has 0 amide bonds. The Morgan fingerprint density at radius 2 is 2.29 bits per heavy atom. The molecule has 0 radical (unpaired) electrons. The second-order valence-electron chi connectivity index (χ2n) is 3.53. The summed E-state index contributed by atoms with van der Waals surface area (Å²) in [6.45, 7) is 4.85. The van der Waals surface area contributed by atoms with Crippen LogP contribution in [0.15, 0.2) is 30.5 Å². The molecule has 94 valence electrons. The molecular formula is C13H20N2O2. The highest BCUT2D eigenvalue weighted by molar-refractivity contribution is 5.20.